The average molecular weight is 167 g/mol. The maximum atomic E-state index is 10.4. The van der Waals surface area contributed by atoms with E-state index in [1.807, 2.05) is 5.92 Å². The molecule has 1 atom stereocenters. The van der Waals surface area contributed by atoms with Crippen LogP contribution in [0.15, 0.2) is 0 Å². The molecule has 67 valence electrons. The quantitative estimate of drug-likeness (QED) is 0.486. The first-order valence-electron chi connectivity index (χ1n) is 4.37. The summed E-state index contributed by atoms with van der Waals surface area (Å²) < 4.78 is 0. The number of rotatable bonds is 6. The predicted molar refractivity (Wildman–Crippen MR) is 47.0 cm³/mol. The van der Waals surface area contributed by atoms with Crippen LogP contribution in [0.1, 0.15) is 39.0 Å². The Bertz CT molecular complexity index is 167. The van der Waals surface area contributed by atoms with Crippen LogP contribution in [0.3, 0.4) is 0 Å². The topological polar surface area (TPSA) is 37.3 Å². The third kappa shape index (κ3) is 4.79. The lowest BCUT2D eigenvalue weighted by Gasteiger charge is -2.03. The number of aliphatic carboxylic acids is 1. The zero-order valence-corrected chi connectivity index (χ0v) is 7.47. The molecule has 0 aromatic rings. The molecule has 0 saturated heterocycles. The van der Waals surface area contributed by atoms with E-state index in [0.717, 1.165) is 25.7 Å². The minimum Gasteiger partial charge on any atom is -0.480 e. The SMILES string of the molecule is [C]#CC(CCCCCC)C(=O)O. The largest absolute Gasteiger partial charge is 0.480 e. The van der Waals surface area contributed by atoms with Crippen molar-refractivity contribution in [2.75, 3.05) is 0 Å². The van der Waals surface area contributed by atoms with Gasteiger partial charge in [-0.15, -0.1) is 0 Å². The second-order valence-electron chi connectivity index (χ2n) is 2.88. The van der Waals surface area contributed by atoms with E-state index < -0.39 is 11.9 Å². The van der Waals surface area contributed by atoms with Crippen molar-refractivity contribution in [1.29, 1.82) is 0 Å². The Hall–Kier alpha value is -0.970. The second-order valence-corrected chi connectivity index (χ2v) is 2.88. The van der Waals surface area contributed by atoms with E-state index in [4.69, 9.17) is 11.5 Å². The summed E-state index contributed by atoms with van der Waals surface area (Å²) in [5.41, 5.74) is 0. The van der Waals surface area contributed by atoms with Crippen LogP contribution < -0.4 is 0 Å². The van der Waals surface area contributed by atoms with Crippen LogP contribution in [0.2, 0.25) is 0 Å². The standard InChI is InChI=1S/C10H15O2/c1-3-5-6-7-8-9(4-2)10(11)12/h9H,3,5-8H2,1H3,(H,11,12). The number of hydrogen-bond donors (Lipinski definition) is 1. The summed E-state index contributed by atoms with van der Waals surface area (Å²) in [7, 11) is 0. The molecule has 0 heterocycles. The van der Waals surface area contributed by atoms with E-state index in [2.05, 4.69) is 6.92 Å². The van der Waals surface area contributed by atoms with Crippen LogP contribution in [0, 0.1) is 18.3 Å². The van der Waals surface area contributed by atoms with Crippen molar-refractivity contribution in [3.63, 3.8) is 0 Å². The van der Waals surface area contributed by atoms with Crippen molar-refractivity contribution < 1.29 is 9.90 Å². The molecule has 1 radical (unpaired) electrons. The molecule has 0 aromatic carbocycles. The first-order chi connectivity index (χ1) is 5.72. The molecule has 0 rings (SSSR count). The zero-order chi connectivity index (χ0) is 9.40. The van der Waals surface area contributed by atoms with Gasteiger partial charge >= 0.3 is 5.97 Å². The van der Waals surface area contributed by atoms with Gasteiger partial charge in [-0.2, -0.15) is 0 Å². The minimum atomic E-state index is -0.929. The summed E-state index contributed by atoms with van der Waals surface area (Å²) in [6.45, 7) is 2.11. The highest BCUT2D eigenvalue weighted by molar-refractivity contribution is 5.72. The molecular formula is C10H15O2. The van der Waals surface area contributed by atoms with Gasteiger partial charge in [-0.05, 0) is 12.8 Å². The Morgan fingerprint density at radius 1 is 1.50 bits per heavy atom. The van der Waals surface area contributed by atoms with Crippen LogP contribution >= 0.6 is 0 Å². The van der Waals surface area contributed by atoms with Crippen molar-refractivity contribution in [2.45, 2.75) is 39.0 Å². The van der Waals surface area contributed by atoms with Gasteiger partial charge in [0.15, 0.2) is 0 Å². The molecule has 0 aliphatic carbocycles. The molecule has 0 bridgehead atoms. The first-order valence-corrected chi connectivity index (χ1v) is 4.37. The molecule has 1 N–H and O–H groups in total. The van der Waals surface area contributed by atoms with Gasteiger partial charge in [0.1, 0.15) is 5.92 Å². The number of carboxylic acids is 1. The summed E-state index contributed by atoms with van der Waals surface area (Å²) in [5, 5.41) is 8.55. The Morgan fingerprint density at radius 2 is 2.17 bits per heavy atom. The summed E-state index contributed by atoms with van der Waals surface area (Å²) >= 11 is 0. The zero-order valence-electron chi connectivity index (χ0n) is 7.47. The second kappa shape index (κ2) is 6.72. The van der Waals surface area contributed by atoms with E-state index >= 15 is 0 Å². The molecule has 1 unspecified atom stereocenters. The minimum absolute atomic E-state index is 0.554. The number of carboxylic acid groups (broad SMARTS) is 1. The van der Waals surface area contributed by atoms with Crippen molar-refractivity contribution in [2.24, 2.45) is 5.92 Å². The number of carbonyl (C=O) groups is 1. The highest BCUT2D eigenvalue weighted by Gasteiger charge is 2.12. The molecule has 0 fully saturated rings. The summed E-state index contributed by atoms with van der Waals surface area (Å²) in [6.07, 6.45) is 11.5. The lowest BCUT2D eigenvalue weighted by molar-refractivity contribution is -0.139. The molecular weight excluding hydrogens is 152 g/mol. The third-order valence-corrected chi connectivity index (χ3v) is 1.82. The predicted octanol–water partition coefficient (Wildman–Crippen LogP) is 2.25. The molecule has 0 aromatic heterocycles. The van der Waals surface area contributed by atoms with Crippen LogP contribution in [0.25, 0.3) is 0 Å². The van der Waals surface area contributed by atoms with Crippen molar-refractivity contribution in [3.8, 4) is 5.92 Å². The highest BCUT2D eigenvalue weighted by Crippen LogP contribution is 2.10. The molecule has 0 aliphatic rings. The fraction of sp³-hybridized carbons (Fsp3) is 0.700. The lowest BCUT2D eigenvalue weighted by Crippen LogP contribution is -2.10. The summed E-state index contributed by atoms with van der Waals surface area (Å²) in [5.74, 6) is 0.407. The average Bonchev–Trinajstić information content (AvgIpc) is 2.04. The van der Waals surface area contributed by atoms with E-state index in [9.17, 15) is 4.79 Å². The van der Waals surface area contributed by atoms with E-state index in [1.54, 1.807) is 0 Å². The molecule has 12 heavy (non-hydrogen) atoms. The Kier molecular flexibility index (Phi) is 6.18. The van der Waals surface area contributed by atoms with Crippen molar-refractivity contribution in [1.82, 2.24) is 0 Å². The Labute approximate surface area is 74.0 Å². The highest BCUT2D eigenvalue weighted by atomic mass is 16.4. The molecule has 0 spiro atoms. The fourth-order valence-electron chi connectivity index (χ4n) is 1.03. The van der Waals surface area contributed by atoms with Crippen LogP contribution in [0.4, 0.5) is 0 Å². The summed E-state index contributed by atoms with van der Waals surface area (Å²) in [6, 6.07) is 0. The molecule has 0 saturated carbocycles. The van der Waals surface area contributed by atoms with Crippen LogP contribution in [-0.2, 0) is 4.79 Å². The molecule has 2 heteroatoms. The normalized spacial score (nSPS) is 12.0. The maximum absolute atomic E-state index is 10.4. The summed E-state index contributed by atoms with van der Waals surface area (Å²) in [4.78, 5) is 10.4. The molecule has 0 amide bonds. The molecule has 2 nitrogen and oxygen atoms in total. The Morgan fingerprint density at radius 3 is 2.58 bits per heavy atom. The van der Waals surface area contributed by atoms with Gasteiger partial charge in [0, 0.05) is 0 Å². The van der Waals surface area contributed by atoms with Crippen molar-refractivity contribution >= 4 is 5.97 Å². The lowest BCUT2D eigenvalue weighted by atomic mass is 10.0. The number of unbranched alkanes of at least 4 members (excludes halogenated alkanes) is 3. The Balaban J connectivity index is 3.47. The van der Waals surface area contributed by atoms with Crippen LogP contribution in [-0.4, -0.2) is 11.1 Å². The van der Waals surface area contributed by atoms with Gasteiger partial charge in [-0.25, -0.2) is 0 Å². The van der Waals surface area contributed by atoms with Crippen LogP contribution in [0.5, 0.6) is 0 Å². The van der Waals surface area contributed by atoms with E-state index in [1.165, 1.54) is 0 Å². The monoisotopic (exact) mass is 167 g/mol. The van der Waals surface area contributed by atoms with Gasteiger partial charge in [0.05, 0.1) is 0 Å². The van der Waals surface area contributed by atoms with E-state index in [-0.39, 0.29) is 0 Å². The first kappa shape index (κ1) is 11.0. The van der Waals surface area contributed by atoms with Gasteiger partial charge in [0.25, 0.3) is 0 Å². The van der Waals surface area contributed by atoms with Crippen molar-refractivity contribution in [3.05, 3.63) is 6.42 Å². The smallest absolute Gasteiger partial charge is 0.318 e. The number of hydrogen-bond acceptors (Lipinski definition) is 1. The van der Waals surface area contributed by atoms with Gasteiger partial charge in [-0.3, -0.25) is 4.79 Å². The fourth-order valence-corrected chi connectivity index (χ4v) is 1.03. The maximum Gasteiger partial charge on any atom is 0.318 e. The van der Waals surface area contributed by atoms with Gasteiger partial charge < -0.3 is 5.11 Å². The molecule has 0 aliphatic heterocycles. The van der Waals surface area contributed by atoms with Gasteiger partial charge in [-0.1, -0.05) is 38.5 Å². The van der Waals surface area contributed by atoms with E-state index in [0.29, 0.717) is 6.42 Å². The van der Waals surface area contributed by atoms with Gasteiger partial charge in [0.2, 0.25) is 0 Å². The third-order valence-electron chi connectivity index (χ3n) is 1.82.